The molecule has 3 heterocycles. The predicted molar refractivity (Wildman–Crippen MR) is 108 cm³/mol. The molecule has 0 unspecified atom stereocenters. The molecule has 28 heavy (non-hydrogen) atoms. The number of rotatable bonds is 6. The lowest BCUT2D eigenvalue weighted by atomic mass is 10.1. The van der Waals surface area contributed by atoms with Crippen molar-refractivity contribution in [2.24, 2.45) is 7.05 Å². The Morgan fingerprint density at radius 3 is 2.75 bits per heavy atom. The summed E-state index contributed by atoms with van der Waals surface area (Å²) < 4.78 is 7.18. The van der Waals surface area contributed by atoms with Crippen molar-refractivity contribution >= 4 is 5.82 Å². The average molecular weight is 374 g/mol. The zero-order chi connectivity index (χ0) is 19.5. The highest BCUT2D eigenvalue weighted by atomic mass is 16.5. The van der Waals surface area contributed by atoms with Gasteiger partial charge in [0.1, 0.15) is 5.82 Å². The largest absolute Gasteiger partial charge is 0.366 e. The van der Waals surface area contributed by atoms with E-state index in [-0.39, 0.29) is 5.92 Å². The standard InChI is InChI=1S/C21H22N6O/c1-14(2)20-25-21(28-26-20)17-7-8-22-19(10-17)23-11-15-5-4-6-16(9-15)18-12-24-27(3)13-18/h4-10,12-14H,11H2,1-3H3,(H,22,23). The number of benzene rings is 1. The van der Waals surface area contributed by atoms with Crippen molar-refractivity contribution in [1.82, 2.24) is 24.9 Å². The van der Waals surface area contributed by atoms with Gasteiger partial charge < -0.3 is 9.84 Å². The molecule has 0 spiro atoms. The minimum absolute atomic E-state index is 0.226. The third-order valence-electron chi connectivity index (χ3n) is 4.40. The van der Waals surface area contributed by atoms with Gasteiger partial charge in [-0.1, -0.05) is 37.2 Å². The van der Waals surface area contributed by atoms with E-state index in [0.717, 1.165) is 28.1 Å². The second-order valence-electron chi connectivity index (χ2n) is 7.00. The number of pyridine rings is 1. The Hall–Kier alpha value is -3.48. The van der Waals surface area contributed by atoms with Gasteiger partial charge in [-0.05, 0) is 29.3 Å². The van der Waals surface area contributed by atoms with E-state index in [4.69, 9.17) is 4.52 Å². The summed E-state index contributed by atoms with van der Waals surface area (Å²) in [4.78, 5) is 8.84. The van der Waals surface area contributed by atoms with E-state index in [1.165, 1.54) is 0 Å². The van der Waals surface area contributed by atoms with E-state index in [9.17, 15) is 0 Å². The highest BCUT2D eigenvalue weighted by Gasteiger charge is 2.12. The summed E-state index contributed by atoms with van der Waals surface area (Å²) in [5, 5.41) is 11.6. The fourth-order valence-corrected chi connectivity index (χ4v) is 2.87. The second-order valence-corrected chi connectivity index (χ2v) is 7.00. The van der Waals surface area contributed by atoms with Crippen LogP contribution in [-0.2, 0) is 13.6 Å². The van der Waals surface area contributed by atoms with Gasteiger partial charge in [0.15, 0.2) is 5.82 Å². The van der Waals surface area contributed by atoms with Crippen molar-refractivity contribution in [3.05, 3.63) is 66.4 Å². The molecule has 1 aromatic carbocycles. The lowest BCUT2D eigenvalue weighted by Gasteiger charge is -2.08. The number of aryl methyl sites for hydroxylation is 1. The SMILES string of the molecule is CC(C)c1noc(-c2ccnc(NCc3cccc(-c4cnn(C)c4)c3)c2)n1. The summed E-state index contributed by atoms with van der Waals surface area (Å²) in [6.07, 6.45) is 5.61. The molecule has 0 atom stereocenters. The van der Waals surface area contributed by atoms with Gasteiger partial charge in [-0.15, -0.1) is 0 Å². The van der Waals surface area contributed by atoms with E-state index in [1.54, 1.807) is 10.9 Å². The van der Waals surface area contributed by atoms with E-state index < -0.39 is 0 Å². The summed E-state index contributed by atoms with van der Waals surface area (Å²) in [6.45, 7) is 4.73. The first-order valence-electron chi connectivity index (χ1n) is 9.20. The van der Waals surface area contributed by atoms with Crippen LogP contribution in [0, 0.1) is 0 Å². The molecule has 0 aliphatic heterocycles. The minimum Gasteiger partial charge on any atom is -0.366 e. The monoisotopic (exact) mass is 374 g/mol. The Kier molecular flexibility index (Phi) is 4.89. The third kappa shape index (κ3) is 3.93. The van der Waals surface area contributed by atoms with Crippen molar-refractivity contribution in [2.75, 3.05) is 5.32 Å². The Labute approximate surface area is 163 Å². The fourth-order valence-electron chi connectivity index (χ4n) is 2.87. The normalized spacial score (nSPS) is 11.1. The number of anilines is 1. The van der Waals surface area contributed by atoms with Gasteiger partial charge in [0, 0.05) is 43.0 Å². The molecule has 0 bridgehead atoms. The van der Waals surface area contributed by atoms with Crippen LogP contribution in [0.2, 0.25) is 0 Å². The molecular formula is C21H22N6O. The number of hydrogen-bond donors (Lipinski definition) is 1. The van der Waals surface area contributed by atoms with Gasteiger partial charge in [0.2, 0.25) is 0 Å². The molecule has 142 valence electrons. The molecule has 0 fully saturated rings. The van der Waals surface area contributed by atoms with Gasteiger partial charge in [0.25, 0.3) is 5.89 Å². The Bertz CT molecular complexity index is 1080. The second kappa shape index (κ2) is 7.64. The van der Waals surface area contributed by atoms with Crippen molar-refractivity contribution in [3.63, 3.8) is 0 Å². The topological polar surface area (TPSA) is 81.7 Å². The maximum Gasteiger partial charge on any atom is 0.258 e. The molecule has 3 aromatic heterocycles. The first kappa shape index (κ1) is 17.9. The van der Waals surface area contributed by atoms with Crippen molar-refractivity contribution in [1.29, 1.82) is 0 Å². The summed E-state index contributed by atoms with van der Waals surface area (Å²) in [6, 6.07) is 12.2. The van der Waals surface area contributed by atoms with Gasteiger partial charge >= 0.3 is 0 Å². The molecule has 0 saturated heterocycles. The Balaban J connectivity index is 1.48. The maximum atomic E-state index is 5.37. The predicted octanol–water partition coefficient (Wildman–Crippen LogP) is 4.27. The molecule has 7 heteroatoms. The smallest absolute Gasteiger partial charge is 0.258 e. The number of aromatic nitrogens is 5. The quantitative estimate of drug-likeness (QED) is 0.543. The third-order valence-corrected chi connectivity index (χ3v) is 4.40. The van der Waals surface area contributed by atoms with Gasteiger partial charge in [0.05, 0.1) is 6.20 Å². The first-order valence-corrected chi connectivity index (χ1v) is 9.20. The van der Waals surface area contributed by atoms with Crippen molar-refractivity contribution < 1.29 is 4.52 Å². The first-order chi connectivity index (χ1) is 13.6. The van der Waals surface area contributed by atoms with Crippen molar-refractivity contribution in [3.8, 4) is 22.6 Å². The van der Waals surface area contributed by atoms with Crippen LogP contribution in [0.15, 0.2) is 59.5 Å². The summed E-state index contributed by atoms with van der Waals surface area (Å²) in [5.41, 5.74) is 4.25. The van der Waals surface area contributed by atoms with Crippen LogP contribution in [0.5, 0.6) is 0 Å². The van der Waals surface area contributed by atoms with E-state index in [2.05, 4.69) is 49.8 Å². The highest BCUT2D eigenvalue weighted by Crippen LogP contribution is 2.23. The zero-order valence-corrected chi connectivity index (χ0v) is 16.1. The highest BCUT2D eigenvalue weighted by molar-refractivity contribution is 5.63. The number of nitrogens with one attached hydrogen (secondary N) is 1. The summed E-state index contributed by atoms with van der Waals surface area (Å²) in [7, 11) is 1.92. The minimum atomic E-state index is 0.226. The van der Waals surface area contributed by atoms with Crippen LogP contribution in [-0.4, -0.2) is 24.9 Å². The maximum absolute atomic E-state index is 5.37. The molecule has 7 nitrogen and oxygen atoms in total. The van der Waals surface area contributed by atoms with Gasteiger partial charge in [-0.2, -0.15) is 10.1 Å². The summed E-state index contributed by atoms with van der Waals surface area (Å²) in [5.74, 6) is 2.19. The molecule has 0 amide bonds. The van der Waals surface area contributed by atoms with E-state index >= 15 is 0 Å². The molecule has 4 aromatic rings. The molecule has 1 N–H and O–H groups in total. The van der Waals surface area contributed by atoms with Crippen LogP contribution >= 0.6 is 0 Å². The zero-order valence-electron chi connectivity index (χ0n) is 16.1. The van der Waals surface area contributed by atoms with E-state index in [1.807, 2.05) is 45.4 Å². The van der Waals surface area contributed by atoms with Crippen molar-refractivity contribution in [2.45, 2.75) is 26.3 Å². The molecule has 0 saturated carbocycles. The van der Waals surface area contributed by atoms with Crippen LogP contribution < -0.4 is 5.32 Å². The Morgan fingerprint density at radius 2 is 2.00 bits per heavy atom. The Morgan fingerprint density at radius 1 is 1.11 bits per heavy atom. The van der Waals surface area contributed by atoms with Gasteiger partial charge in [-0.25, -0.2) is 4.98 Å². The number of hydrogen-bond acceptors (Lipinski definition) is 6. The van der Waals surface area contributed by atoms with E-state index in [0.29, 0.717) is 18.3 Å². The van der Waals surface area contributed by atoms with Crippen LogP contribution in [0.1, 0.15) is 31.2 Å². The molecule has 0 aliphatic rings. The van der Waals surface area contributed by atoms with Crippen LogP contribution in [0.25, 0.3) is 22.6 Å². The molecule has 0 aliphatic carbocycles. The van der Waals surface area contributed by atoms with Crippen LogP contribution in [0.4, 0.5) is 5.82 Å². The lowest BCUT2D eigenvalue weighted by Crippen LogP contribution is -2.01. The fraction of sp³-hybridized carbons (Fsp3) is 0.238. The van der Waals surface area contributed by atoms with Gasteiger partial charge in [-0.3, -0.25) is 4.68 Å². The average Bonchev–Trinajstić information content (AvgIpc) is 3.36. The molecule has 4 rings (SSSR count). The molecule has 0 radical (unpaired) electrons. The molecular weight excluding hydrogens is 352 g/mol. The van der Waals surface area contributed by atoms with Crippen LogP contribution in [0.3, 0.4) is 0 Å². The number of nitrogens with zero attached hydrogens (tertiary/aromatic N) is 5. The lowest BCUT2D eigenvalue weighted by molar-refractivity contribution is 0.419. The summed E-state index contributed by atoms with van der Waals surface area (Å²) >= 11 is 0.